The fourth-order valence-corrected chi connectivity index (χ4v) is 3.57. The second-order valence-electron chi connectivity index (χ2n) is 5.61. The van der Waals surface area contributed by atoms with Crippen molar-refractivity contribution >= 4 is 32.9 Å². The van der Waals surface area contributed by atoms with Crippen molar-refractivity contribution < 1.29 is 0 Å². The molecule has 0 amide bonds. The van der Waals surface area contributed by atoms with Crippen LogP contribution in [-0.2, 0) is 5.41 Å². The number of hydrogen-bond acceptors (Lipinski definition) is 6. The molecule has 4 nitrogen and oxygen atoms in total. The number of nitrogens with zero attached hydrogens (tertiary/aromatic N) is 3. The predicted octanol–water partition coefficient (Wildman–Crippen LogP) is 3.67. The van der Waals surface area contributed by atoms with Gasteiger partial charge in [0.15, 0.2) is 10.3 Å². The zero-order chi connectivity index (χ0) is 14.2. The van der Waals surface area contributed by atoms with Gasteiger partial charge in [0.25, 0.3) is 0 Å². The summed E-state index contributed by atoms with van der Waals surface area (Å²) in [5, 5.41) is 7.14. The van der Waals surface area contributed by atoms with Crippen LogP contribution in [0.25, 0.3) is 10.6 Å². The fourth-order valence-electron chi connectivity index (χ4n) is 1.67. The van der Waals surface area contributed by atoms with Crippen LogP contribution >= 0.6 is 22.7 Å². The summed E-state index contributed by atoms with van der Waals surface area (Å²) in [5.41, 5.74) is 2.16. The molecule has 0 unspecified atom stereocenters. The Morgan fingerprint density at radius 3 is 2.37 bits per heavy atom. The van der Waals surface area contributed by atoms with Crippen LogP contribution in [0.4, 0.5) is 10.3 Å². The molecule has 6 heteroatoms. The van der Waals surface area contributed by atoms with Gasteiger partial charge in [-0.3, -0.25) is 0 Å². The summed E-state index contributed by atoms with van der Waals surface area (Å²) in [6.45, 7) is 6.57. The zero-order valence-electron chi connectivity index (χ0n) is 12.2. The van der Waals surface area contributed by atoms with E-state index in [1.165, 1.54) is 4.88 Å². The van der Waals surface area contributed by atoms with Crippen LogP contribution in [0, 0.1) is 0 Å². The van der Waals surface area contributed by atoms with E-state index >= 15 is 0 Å². The number of anilines is 2. The van der Waals surface area contributed by atoms with Gasteiger partial charge in [0.2, 0.25) is 0 Å². The van der Waals surface area contributed by atoms with Gasteiger partial charge < -0.3 is 10.2 Å². The molecule has 0 atom stereocenters. The molecule has 0 fully saturated rings. The Morgan fingerprint density at radius 1 is 1.21 bits per heavy atom. The van der Waals surface area contributed by atoms with E-state index in [1.54, 1.807) is 22.7 Å². The molecule has 1 N–H and O–H groups in total. The van der Waals surface area contributed by atoms with E-state index in [1.807, 2.05) is 21.1 Å². The third-order valence-corrected chi connectivity index (χ3v) is 4.76. The minimum atomic E-state index is 0.0174. The number of nitrogens with one attached hydrogen (secondary N) is 1. The van der Waals surface area contributed by atoms with Gasteiger partial charge in [-0.2, -0.15) is 0 Å². The summed E-state index contributed by atoms with van der Waals surface area (Å²) >= 11 is 3.33. The van der Waals surface area contributed by atoms with Crippen molar-refractivity contribution in [2.24, 2.45) is 0 Å². The predicted molar refractivity (Wildman–Crippen MR) is 85.8 cm³/mol. The van der Waals surface area contributed by atoms with E-state index in [9.17, 15) is 0 Å². The molecule has 0 saturated carbocycles. The quantitative estimate of drug-likeness (QED) is 0.938. The van der Waals surface area contributed by atoms with E-state index < -0.39 is 0 Å². The lowest BCUT2D eigenvalue weighted by Gasteiger charge is -2.17. The average molecular weight is 296 g/mol. The van der Waals surface area contributed by atoms with Crippen LogP contribution in [0.15, 0.2) is 5.38 Å². The van der Waals surface area contributed by atoms with Crippen molar-refractivity contribution in [2.75, 3.05) is 31.4 Å². The second kappa shape index (κ2) is 5.09. The Hall–Kier alpha value is -1.14. The van der Waals surface area contributed by atoms with E-state index in [0.29, 0.717) is 0 Å². The average Bonchev–Trinajstić information content (AvgIpc) is 2.94. The molecular formula is C13H20N4S2. The summed E-state index contributed by atoms with van der Waals surface area (Å²) < 4.78 is 0. The second-order valence-corrected chi connectivity index (χ2v) is 7.44. The largest absolute Gasteiger partial charge is 0.365 e. The van der Waals surface area contributed by atoms with Crippen molar-refractivity contribution in [3.8, 4) is 10.6 Å². The molecule has 2 aromatic rings. The van der Waals surface area contributed by atoms with Crippen molar-refractivity contribution in [1.82, 2.24) is 9.97 Å². The standard InChI is InChI=1S/C13H20N4S2/c1-13(2,3)10-9(19-12(16-10)17(5)6)8-7-18-11(14-4)15-8/h7H,1-6H3,(H,14,15). The monoisotopic (exact) mass is 296 g/mol. The molecule has 0 spiro atoms. The number of rotatable bonds is 3. The van der Waals surface area contributed by atoms with Gasteiger partial charge in [-0.1, -0.05) is 32.1 Å². The maximum atomic E-state index is 4.78. The SMILES string of the molecule is CNc1nc(-c2sc(N(C)C)nc2C(C)(C)C)cs1. The first-order valence-corrected chi connectivity index (χ1v) is 7.85. The summed E-state index contributed by atoms with van der Waals surface area (Å²) in [7, 11) is 5.94. The highest BCUT2D eigenvalue weighted by Gasteiger charge is 2.26. The van der Waals surface area contributed by atoms with Gasteiger partial charge in [0, 0.05) is 31.9 Å². The first-order chi connectivity index (χ1) is 8.82. The van der Waals surface area contributed by atoms with E-state index in [-0.39, 0.29) is 5.41 Å². The Balaban J connectivity index is 2.54. The highest BCUT2D eigenvalue weighted by Crippen LogP contribution is 2.40. The van der Waals surface area contributed by atoms with Crippen molar-refractivity contribution in [3.05, 3.63) is 11.1 Å². The molecular weight excluding hydrogens is 276 g/mol. The van der Waals surface area contributed by atoms with Crippen molar-refractivity contribution in [1.29, 1.82) is 0 Å². The molecule has 0 saturated heterocycles. The van der Waals surface area contributed by atoms with Crippen LogP contribution in [0.1, 0.15) is 26.5 Å². The molecule has 0 aliphatic rings. The number of thiazole rings is 2. The maximum Gasteiger partial charge on any atom is 0.185 e. The van der Waals surface area contributed by atoms with Gasteiger partial charge in [0.05, 0.1) is 16.3 Å². The van der Waals surface area contributed by atoms with Crippen molar-refractivity contribution in [2.45, 2.75) is 26.2 Å². The van der Waals surface area contributed by atoms with E-state index in [2.05, 4.69) is 41.4 Å². The lowest BCUT2D eigenvalue weighted by molar-refractivity contribution is 0.574. The number of hydrogen-bond donors (Lipinski definition) is 1. The van der Waals surface area contributed by atoms with Gasteiger partial charge in [0.1, 0.15) is 0 Å². The highest BCUT2D eigenvalue weighted by atomic mass is 32.1. The molecule has 0 aromatic carbocycles. The normalized spacial score (nSPS) is 11.7. The Kier molecular flexibility index (Phi) is 3.82. The van der Waals surface area contributed by atoms with Gasteiger partial charge in [-0.25, -0.2) is 9.97 Å². The Labute approximate surface area is 122 Å². The van der Waals surface area contributed by atoms with Crippen LogP contribution in [-0.4, -0.2) is 31.1 Å². The molecule has 104 valence electrons. The summed E-state index contributed by atoms with van der Waals surface area (Å²) in [5.74, 6) is 0. The molecule has 2 aromatic heterocycles. The van der Waals surface area contributed by atoms with Crippen LogP contribution in [0.5, 0.6) is 0 Å². The highest BCUT2D eigenvalue weighted by molar-refractivity contribution is 7.19. The molecule has 0 aliphatic carbocycles. The first kappa shape index (κ1) is 14.3. The van der Waals surface area contributed by atoms with Crippen LogP contribution in [0.3, 0.4) is 0 Å². The summed E-state index contributed by atoms with van der Waals surface area (Å²) in [6, 6.07) is 0. The van der Waals surface area contributed by atoms with E-state index in [0.717, 1.165) is 21.7 Å². The third-order valence-electron chi connectivity index (χ3n) is 2.66. The fraction of sp³-hybridized carbons (Fsp3) is 0.538. The zero-order valence-corrected chi connectivity index (χ0v) is 13.9. The van der Waals surface area contributed by atoms with Gasteiger partial charge in [-0.15, -0.1) is 11.3 Å². The topological polar surface area (TPSA) is 41.1 Å². The summed E-state index contributed by atoms with van der Waals surface area (Å²) in [6.07, 6.45) is 0. The molecule has 0 radical (unpaired) electrons. The smallest absolute Gasteiger partial charge is 0.185 e. The summed E-state index contributed by atoms with van der Waals surface area (Å²) in [4.78, 5) is 12.6. The molecule has 2 heterocycles. The Bertz CT molecular complexity index is 563. The molecule has 0 bridgehead atoms. The molecule has 0 aliphatic heterocycles. The molecule has 19 heavy (non-hydrogen) atoms. The maximum absolute atomic E-state index is 4.78. The van der Waals surface area contributed by atoms with Gasteiger partial charge >= 0.3 is 0 Å². The minimum Gasteiger partial charge on any atom is -0.365 e. The van der Waals surface area contributed by atoms with Crippen LogP contribution in [0.2, 0.25) is 0 Å². The first-order valence-electron chi connectivity index (χ1n) is 6.15. The molecule has 2 rings (SSSR count). The van der Waals surface area contributed by atoms with Gasteiger partial charge in [-0.05, 0) is 0 Å². The van der Waals surface area contributed by atoms with Crippen LogP contribution < -0.4 is 10.2 Å². The lowest BCUT2D eigenvalue weighted by atomic mass is 9.91. The lowest BCUT2D eigenvalue weighted by Crippen LogP contribution is -2.14. The third kappa shape index (κ3) is 2.90. The Morgan fingerprint density at radius 2 is 1.89 bits per heavy atom. The van der Waals surface area contributed by atoms with E-state index in [4.69, 9.17) is 4.98 Å². The van der Waals surface area contributed by atoms with Crippen molar-refractivity contribution in [3.63, 3.8) is 0 Å². The minimum absolute atomic E-state index is 0.0174. The number of aromatic nitrogens is 2.